The van der Waals surface area contributed by atoms with Crippen LogP contribution < -0.4 is 4.31 Å². The molecule has 6 nitrogen and oxygen atoms in total. The molecule has 0 aliphatic carbocycles. The van der Waals surface area contributed by atoms with Gasteiger partial charge in [0.25, 0.3) is 10.0 Å². The van der Waals surface area contributed by atoms with Gasteiger partial charge in [-0.15, -0.1) is 0 Å². The van der Waals surface area contributed by atoms with Crippen LogP contribution in [0.2, 0.25) is 0 Å². The number of sulfonamides is 1. The number of carbonyl (C=O) groups excluding carboxylic acids is 2. The van der Waals surface area contributed by atoms with Crippen molar-refractivity contribution < 1.29 is 27.1 Å². The van der Waals surface area contributed by atoms with E-state index in [1.165, 1.54) is 22.5 Å². The number of nitrogens with zero attached hydrogens (tertiary/aromatic N) is 1. The minimum absolute atomic E-state index is 0.228. The molecule has 0 N–H and O–H groups in total. The Morgan fingerprint density at radius 2 is 2.00 bits per heavy atom. The number of benzene rings is 1. The summed E-state index contributed by atoms with van der Waals surface area (Å²) in [5.41, 5.74) is 0.346. The zero-order valence-corrected chi connectivity index (χ0v) is 10.0. The normalized spacial score (nSPS) is 17.3. The van der Waals surface area contributed by atoms with Crippen LogP contribution in [-0.4, -0.2) is 33.7 Å². The maximum absolute atomic E-state index is 12.9. The average Bonchev–Trinajstić information content (AvgIpc) is 2.29. The molecular weight excluding hydrogens is 265 g/mol. The second-order valence-electron chi connectivity index (χ2n) is 3.27. The Morgan fingerprint density at radius 1 is 1.33 bits per heavy atom. The van der Waals surface area contributed by atoms with Crippen LogP contribution in [0.4, 0.5) is 10.1 Å². The summed E-state index contributed by atoms with van der Waals surface area (Å²) in [5.74, 6) is -0.794. The van der Waals surface area contributed by atoms with Gasteiger partial charge >= 0.3 is 6.15 Å². The highest BCUT2D eigenvalue weighted by atomic mass is 32.2. The zero-order valence-electron chi connectivity index (χ0n) is 9.21. The SMILES string of the molecule is O=C=O.O=S1(=O)COCCN1c1cccc(F)c1. The molecule has 0 spiro atoms. The van der Waals surface area contributed by atoms with Gasteiger partial charge in [0, 0.05) is 0 Å². The molecule has 8 heteroatoms. The number of rotatable bonds is 1. The van der Waals surface area contributed by atoms with E-state index >= 15 is 0 Å². The molecule has 0 atom stereocenters. The predicted molar refractivity (Wildman–Crippen MR) is 58.5 cm³/mol. The van der Waals surface area contributed by atoms with Gasteiger partial charge in [0.2, 0.25) is 0 Å². The first-order chi connectivity index (χ1) is 8.51. The number of hydrogen-bond acceptors (Lipinski definition) is 5. The number of ether oxygens (including phenoxy) is 1. The molecule has 0 bridgehead atoms. The van der Waals surface area contributed by atoms with Crippen LogP contribution in [0.25, 0.3) is 0 Å². The maximum Gasteiger partial charge on any atom is 0.373 e. The highest BCUT2D eigenvalue weighted by Crippen LogP contribution is 2.21. The number of anilines is 1. The standard InChI is InChI=1S/C9H10FNO3S.CO2/c10-8-2-1-3-9(6-8)11-4-5-14-7-15(11,12)13;2-1-3/h1-3,6H,4-5,7H2;. The fourth-order valence-electron chi connectivity index (χ4n) is 1.44. The predicted octanol–water partition coefficient (Wildman–Crippen LogP) is 0.366. The van der Waals surface area contributed by atoms with E-state index < -0.39 is 15.8 Å². The van der Waals surface area contributed by atoms with E-state index in [0.717, 1.165) is 0 Å². The van der Waals surface area contributed by atoms with Gasteiger partial charge in [0.15, 0.2) is 5.94 Å². The molecular formula is C10H10FNO5S. The lowest BCUT2D eigenvalue weighted by Crippen LogP contribution is -2.41. The van der Waals surface area contributed by atoms with E-state index in [-0.39, 0.29) is 18.6 Å². The van der Waals surface area contributed by atoms with Gasteiger partial charge in [-0.25, -0.2) is 12.8 Å². The summed E-state index contributed by atoms with van der Waals surface area (Å²) in [6, 6.07) is 5.51. The fraction of sp³-hybridized carbons (Fsp3) is 0.300. The summed E-state index contributed by atoms with van der Waals surface area (Å²) in [5, 5.41) is 0. The molecule has 0 amide bonds. The number of hydrogen-bond donors (Lipinski definition) is 0. The lowest BCUT2D eigenvalue weighted by atomic mass is 10.3. The van der Waals surface area contributed by atoms with Crippen LogP contribution in [0.5, 0.6) is 0 Å². The summed E-state index contributed by atoms with van der Waals surface area (Å²) in [6.07, 6.45) is 0.250. The van der Waals surface area contributed by atoms with Gasteiger partial charge in [0.05, 0.1) is 18.8 Å². The molecule has 98 valence electrons. The van der Waals surface area contributed by atoms with Crippen LogP contribution >= 0.6 is 0 Å². The Balaban J connectivity index is 0.000000492. The lowest BCUT2D eigenvalue weighted by molar-refractivity contribution is -0.191. The van der Waals surface area contributed by atoms with Crippen molar-refractivity contribution in [2.24, 2.45) is 0 Å². The molecule has 1 aromatic carbocycles. The third-order valence-electron chi connectivity index (χ3n) is 2.10. The monoisotopic (exact) mass is 275 g/mol. The van der Waals surface area contributed by atoms with Crippen LogP contribution in [-0.2, 0) is 24.3 Å². The summed E-state index contributed by atoms with van der Waals surface area (Å²) in [6.45, 7) is 0.557. The smallest absolute Gasteiger partial charge is 0.362 e. The first-order valence-corrected chi connectivity index (χ1v) is 6.45. The van der Waals surface area contributed by atoms with E-state index in [4.69, 9.17) is 14.3 Å². The number of halogens is 1. The third kappa shape index (κ3) is 3.63. The molecule has 0 radical (unpaired) electrons. The first kappa shape index (κ1) is 14.3. The lowest BCUT2D eigenvalue weighted by Gasteiger charge is -2.28. The molecule has 0 aromatic heterocycles. The highest BCUT2D eigenvalue weighted by Gasteiger charge is 2.26. The van der Waals surface area contributed by atoms with Crippen LogP contribution in [0.3, 0.4) is 0 Å². The second-order valence-corrected chi connectivity index (χ2v) is 5.11. The zero-order chi connectivity index (χ0) is 13.6. The van der Waals surface area contributed by atoms with Crippen molar-refractivity contribution in [3.8, 4) is 0 Å². The Hall–Kier alpha value is -1.76. The Morgan fingerprint density at radius 3 is 2.56 bits per heavy atom. The molecule has 1 aromatic rings. The molecule has 1 fully saturated rings. The highest BCUT2D eigenvalue weighted by molar-refractivity contribution is 7.92. The van der Waals surface area contributed by atoms with E-state index in [2.05, 4.69) is 0 Å². The van der Waals surface area contributed by atoms with Crippen molar-refractivity contribution in [2.45, 2.75) is 0 Å². The topological polar surface area (TPSA) is 80.8 Å². The van der Waals surface area contributed by atoms with E-state index in [0.29, 0.717) is 12.3 Å². The van der Waals surface area contributed by atoms with Crippen LogP contribution in [0.15, 0.2) is 24.3 Å². The molecule has 18 heavy (non-hydrogen) atoms. The largest absolute Gasteiger partial charge is 0.373 e. The molecule has 1 aliphatic rings. The maximum atomic E-state index is 12.9. The Kier molecular flexibility index (Phi) is 4.96. The van der Waals surface area contributed by atoms with Gasteiger partial charge in [0.1, 0.15) is 5.82 Å². The second kappa shape index (κ2) is 6.25. The summed E-state index contributed by atoms with van der Waals surface area (Å²) in [4.78, 5) is 16.2. The van der Waals surface area contributed by atoms with E-state index in [9.17, 15) is 12.8 Å². The Bertz CT molecular complexity index is 539. The summed E-state index contributed by atoms with van der Waals surface area (Å²) >= 11 is 0. The van der Waals surface area contributed by atoms with E-state index in [1.54, 1.807) is 6.07 Å². The third-order valence-corrected chi connectivity index (χ3v) is 3.63. The molecule has 1 aliphatic heterocycles. The van der Waals surface area contributed by atoms with E-state index in [1.807, 2.05) is 0 Å². The van der Waals surface area contributed by atoms with Gasteiger partial charge < -0.3 is 4.74 Å². The van der Waals surface area contributed by atoms with Crippen molar-refractivity contribution in [3.05, 3.63) is 30.1 Å². The molecule has 2 rings (SSSR count). The molecule has 0 saturated carbocycles. The van der Waals surface area contributed by atoms with Crippen molar-refractivity contribution in [3.63, 3.8) is 0 Å². The van der Waals surface area contributed by atoms with Gasteiger partial charge in [-0.05, 0) is 18.2 Å². The van der Waals surface area contributed by atoms with Gasteiger partial charge in [-0.2, -0.15) is 9.59 Å². The van der Waals surface area contributed by atoms with Crippen molar-refractivity contribution in [1.82, 2.24) is 0 Å². The fourth-order valence-corrected chi connectivity index (χ4v) is 2.68. The minimum atomic E-state index is -3.45. The molecule has 1 saturated heterocycles. The average molecular weight is 275 g/mol. The minimum Gasteiger partial charge on any atom is -0.362 e. The van der Waals surface area contributed by atoms with Crippen molar-refractivity contribution in [1.29, 1.82) is 0 Å². The van der Waals surface area contributed by atoms with Crippen LogP contribution in [0.1, 0.15) is 0 Å². The van der Waals surface area contributed by atoms with Crippen LogP contribution in [0, 0.1) is 5.82 Å². The molecule has 0 unspecified atom stereocenters. The first-order valence-electron chi connectivity index (χ1n) is 4.84. The van der Waals surface area contributed by atoms with Gasteiger partial charge in [-0.3, -0.25) is 4.31 Å². The summed E-state index contributed by atoms with van der Waals surface area (Å²) in [7, 11) is -3.45. The quantitative estimate of drug-likeness (QED) is 0.739. The van der Waals surface area contributed by atoms with Crippen molar-refractivity contribution >= 4 is 21.9 Å². The van der Waals surface area contributed by atoms with Gasteiger partial charge in [-0.1, -0.05) is 6.07 Å². The molecule has 1 heterocycles. The van der Waals surface area contributed by atoms with Crippen molar-refractivity contribution in [2.75, 3.05) is 23.4 Å². The summed E-state index contributed by atoms with van der Waals surface area (Å²) < 4.78 is 42.1. The Labute approximate surface area is 103 Å².